The highest BCUT2D eigenvalue weighted by molar-refractivity contribution is 5.99. The van der Waals surface area contributed by atoms with E-state index >= 15 is 0 Å². The summed E-state index contributed by atoms with van der Waals surface area (Å²) in [5.74, 6) is -1.29. The number of ether oxygens (including phenoxy) is 1. The van der Waals surface area contributed by atoms with Crippen molar-refractivity contribution in [2.24, 2.45) is 0 Å². The number of amides is 1. The Hall–Kier alpha value is -2.04. The summed E-state index contributed by atoms with van der Waals surface area (Å²) in [5, 5.41) is 11.6. The molecule has 0 radical (unpaired) electrons. The van der Waals surface area contributed by atoms with Gasteiger partial charge in [-0.25, -0.2) is 4.79 Å². The fraction of sp³-hybridized carbons (Fsp3) is 0.500. The Balaban J connectivity index is 2.52. The van der Waals surface area contributed by atoms with Crippen molar-refractivity contribution in [1.82, 2.24) is 0 Å². The second kappa shape index (κ2) is 4.76. The maximum atomic E-state index is 12.4. The maximum absolute atomic E-state index is 12.4. The van der Waals surface area contributed by atoms with Gasteiger partial charge in [-0.2, -0.15) is 0 Å². The number of aliphatic carboxylic acids is 1. The molecule has 5 heteroatoms. The van der Waals surface area contributed by atoms with Gasteiger partial charge < -0.3 is 14.6 Å². The molecule has 0 saturated heterocycles. The van der Waals surface area contributed by atoms with Crippen LogP contribution in [0.4, 0.5) is 10.5 Å². The molecule has 5 nitrogen and oxygen atoms in total. The first-order chi connectivity index (χ1) is 9.55. The minimum Gasteiger partial charge on any atom is -0.548 e. The first-order valence-corrected chi connectivity index (χ1v) is 6.88. The third kappa shape index (κ3) is 2.60. The third-order valence-electron chi connectivity index (χ3n) is 3.61. The Morgan fingerprint density at radius 1 is 1.24 bits per heavy atom. The van der Waals surface area contributed by atoms with Crippen molar-refractivity contribution in [2.75, 3.05) is 4.90 Å². The predicted molar refractivity (Wildman–Crippen MR) is 77.0 cm³/mol. The van der Waals surface area contributed by atoms with E-state index < -0.39 is 29.1 Å². The lowest BCUT2D eigenvalue weighted by atomic mass is 9.80. The lowest BCUT2D eigenvalue weighted by molar-refractivity contribution is -0.308. The lowest BCUT2D eigenvalue weighted by Crippen LogP contribution is -2.56. The van der Waals surface area contributed by atoms with Crippen LogP contribution in [0, 0.1) is 0 Å². The Labute approximate surface area is 124 Å². The van der Waals surface area contributed by atoms with E-state index in [1.54, 1.807) is 46.8 Å². The first kappa shape index (κ1) is 15.4. The Bertz CT molecular complexity index is 586. The molecule has 1 amide bonds. The number of carboxylic acid groups (broad SMARTS) is 1. The van der Waals surface area contributed by atoms with E-state index in [4.69, 9.17) is 4.74 Å². The number of carbonyl (C=O) groups excluding carboxylic acids is 2. The second-order valence-electron chi connectivity index (χ2n) is 6.81. The molecule has 1 aromatic rings. The highest BCUT2D eigenvalue weighted by Gasteiger charge is 2.49. The van der Waals surface area contributed by atoms with Crippen LogP contribution in [0.1, 0.15) is 40.2 Å². The van der Waals surface area contributed by atoms with Gasteiger partial charge in [0, 0.05) is 5.41 Å². The molecule has 0 saturated carbocycles. The topological polar surface area (TPSA) is 69.7 Å². The zero-order valence-corrected chi connectivity index (χ0v) is 13.0. The monoisotopic (exact) mass is 290 g/mol. The summed E-state index contributed by atoms with van der Waals surface area (Å²) in [6.07, 6.45) is -0.672. The zero-order chi connectivity index (χ0) is 16.0. The molecule has 1 aromatic carbocycles. The van der Waals surface area contributed by atoms with E-state index in [0.717, 1.165) is 5.56 Å². The number of para-hydroxylation sites is 1. The third-order valence-corrected chi connectivity index (χ3v) is 3.61. The largest absolute Gasteiger partial charge is 0.548 e. The van der Waals surface area contributed by atoms with Crippen LogP contribution in [0.3, 0.4) is 0 Å². The summed E-state index contributed by atoms with van der Waals surface area (Å²) < 4.78 is 5.35. The zero-order valence-electron chi connectivity index (χ0n) is 13.0. The first-order valence-electron chi connectivity index (χ1n) is 6.88. The number of fused-ring (bicyclic) bond motifs is 1. The average Bonchev–Trinajstić information content (AvgIpc) is 2.56. The fourth-order valence-corrected chi connectivity index (χ4v) is 2.75. The number of hydrogen-bond acceptors (Lipinski definition) is 4. The van der Waals surface area contributed by atoms with Gasteiger partial charge in [-0.15, -0.1) is 0 Å². The van der Waals surface area contributed by atoms with Crippen LogP contribution in [-0.2, 0) is 14.9 Å². The van der Waals surface area contributed by atoms with Crippen molar-refractivity contribution in [2.45, 2.75) is 51.7 Å². The fourth-order valence-electron chi connectivity index (χ4n) is 2.75. The number of carbonyl (C=O) groups is 2. The number of nitrogens with zero attached hydrogens (tertiary/aromatic N) is 1. The number of carboxylic acids is 1. The summed E-state index contributed by atoms with van der Waals surface area (Å²) in [4.78, 5) is 25.2. The molecule has 0 fully saturated rings. The standard InChI is InChI=1S/C16H21NO4/c1-15(2,3)21-14(20)17-11-9-7-6-8-10(11)16(4,5)12(17)13(18)19/h6-9,12H,1-5H3,(H,18,19)/p-1. The van der Waals surface area contributed by atoms with Gasteiger partial charge in [-0.1, -0.05) is 32.0 Å². The van der Waals surface area contributed by atoms with E-state index in [1.807, 2.05) is 12.1 Å². The van der Waals surface area contributed by atoms with E-state index in [0.29, 0.717) is 5.69 Å². The Morgan fingerprint density at radius 2 is 1.81 bits per heavy atom. The van der Waals surface area contributed by atoms with E-state index in [1.165, 1.54) is 4.90 Å². The Kier molecular flexibility index (Phi) is 3.48. The number of hydrogen-bond donors (Lipinski definition) is 0. The maximum Gasteiger partial charge on any atom is 0.415 e. The van der Waals surface area contributed by atoms with Crippen LogP contribution in [0.15, 0.2) is 24.3 Å². The highest BCUT2D eigenvalue weighted by Crippen LogP contribution is 2.45. The van der Waals surface area contributed by atoms with Crippen LogP contribution in [0.25, 0.3) is 0 Å². The summed E-state index contributed by atoms with van der Waals surface area (Å²) in [6.45, 7) is 8.80. The van der Waals surface area contributed by atoms with Gasteiger partial charge in [0.25, 0.3) is 0 Å². The molecule has 0 spiro atoms. The van der Waals surface area contributed by atoms with Crippen LogP contribution >= 0.6 is 0 Å². The highest BCUT2D eigenvalue weighted by atomic mass is 16.6. The molecule has 114 valence electrons. The second-order valence-corrected chi connectivity index (χ2v) is 6.81. The predicted octanol–water partition coefficient (Wildman–Crippen LogP) is 1.84. The molecule has 2 rings (SSSR count). The summed E-state index contributed by atoms with van der Waals surface area (Å²) in [5.41, 5.74) is -0.0855. The Morgan fingerprint density at radius 3 is 2.33 bits per heavy atom. The van der Waals surface area contributed by atoms with Crippen LogP contribution in [0.2, 0.25) is 0 Å². The van der Waals surface area contributed by atoms with Crippen LogP contribution in [0.5, 0.6) is 0 Å². The molecule has 1 aliphatic heterocycles. The molecule has 1 unspecified atom stereocenters. The lowest BCUT2D eigenvalue weighted by Gasteiger charge is -2.34. The van der Waals surface area contributed by atoms with E-state index in [9.17, 15) is 14.7 Å². The average molecular weight is 290 g/mol. The van der Waals surface area contributed by atoms with Gasteiger partial charge in [0.15, 0.2) is 0 Å². The molecular weight excluding hydrogens is 270 g/mol. The number of anilines is 1. The molecule has 0 aromatic heterocycles. The minimum atomic E-state index is -1.29. The SMILES string of the molecule is CC(C)(C)OC(=O)N1c2ccccc2C(C)(C)C1C(=O)[O-]. The molecule has 1 atom stereocenters. The molecule has 0 aliphatic carbocycles. The molecule has 1 aliphatic rings. The summed E-state index contributed by atoms with van der Waals surface area (Å²) >= 11 is 0. The van der Waals surface area contributed by atoms with Crippen molar-refractivity contribution in [1.29, 1.82) is 0 Å². The van der Waals surface area contributed by atoms with Gasteiger partial charge in [-0.3, -0.25) is 4.90 Å². The van der Waals surface area contributed by atoms with Gasteiger partial charge in [0.2, 0.25) is 0 Å². The minimum absolute atomic E-state index is 0.561. The van der Waals surface area contributed by atoms with Crippen molar-refractivity contribution in [3.05, 3.63) is 29.8 Å². The molecule has 21 heavy (non-hydrogen) atoms. The van der Waals surface area contributed by atoms with Crippen molar-refractivity contribution >= 4 is 17.7 Å². The molecule has 1 heterocycles. The molecular formula is C16H20NO4-. The normalized spacial score (nSPS) is 20.0. The quantitative estimate of drug-likeness (QED) is 0.791. The van der Waals surface area contributed by atoms with Gasteiger partial charge in [0.1, 0.15) is 5.60 Å². The van der Waals surface area contributed by atoms with E-state index in [-0.39, 0.29) is 0 Å². The smallest absolute Gasteiger partial charge is 0.415 e. The van der Waals surface area contributed by atoms with Gasteiger partial charge in [0.05, 0.1) is 17.7 Å². The number of benzene rings is 1. The summed E-state index contributed by atoms with van der Waals surface area (Å²) in [6, 6.07) is 6.06. The van der Waals surface area contributed by atoms with Crippen molar-refractivity contribution in [3.63, 3.8) is 0 Å². The van der Waals surface area contributed by atoms with Gasteiger partial charge in [-0.05, 0) is 32.4 Å². The van der Waals surface area contributed by atoms with Crippen LogP contribution in [-0.4, -0.2) is 23.7 Å². The van der Waals surface area contributed by atoms with E-state index in [2.05, 4.69) is 0 Å². The van der Waals surface area contributed by atoms with Crippen molar-refractivity contribution in [3.8, 4) is 0 Å². The van der Waals surface area contributed by atoms with Crippen LogP contribution < -0.4 is 10.0 Å². The molecule has 0 N–H and O–H groups in total. The van der Waals surface area contributed by atoms with Gasteiger partial charge >= 0.3 is 6.09 Å². The number of rotatable bonds is 1. The molecule has 0 bridgehead atoms. The summed E-state index contributed by atoms with van der Waals surface area (Å²) in [7, 11) is 0. The van der Waals surface area contributed by atoms with Crippen molar-refractivity contribution < 1.29 is 19.4 Å².